The number of benzene rings is 3. The number of aliphatic hydroxyl groups is 1. The summed E-state index contributed by atoms with van der Waals surface area (Å²) in [6, 6.07) is 15.3. The van der Waals surface area contributed by atoms with Crippen LogP contribution in [0.1, 0.15) is 42.9 Å². The lowest BCUT2D eigenvalue weighted by Gasteiger charge is -2.29. The molecule has 2 aliphatic rings. The fourth-order valence-corrected chi connectivity index (χ4v) is 5.11. The van der Waals surface area contributed by atoms with Gasteiger partial charge in [0.15, 0.2) is 5.71 Å². The number of nitrogens with zero attached hydrogens (tertiary/aromatic N) is 2. The molecule has 37 heavy (non-hydrogen) atoms. The Morgan fingerprint density at radius 1 is 1.05 bits per heavy atom. The minimum atomic E-state index is -1.03. The van der Waals surface area contributed by atoms with E-state index in [9.17, 15) is 15.1 Å². The largest absolute Gasteiger partial charge is 0.489 e. The number of rotatable bonds is 9. The van der Waals surface area contributed by atoms with Crippen molar-refractivity contribution in [1.82, 2.24) is 10.2 Å². The van der Waals surface area contributed by atoms with E-state index >= 15 is 0 Å². The highest BCUT2D eigenvalue weighted by Crippen LogP contribution is 2.34. The molecule has 1 aliphatic carbocycles. The molecule has 1 aliphatic heterocycles. The standard InChI is InChI=1S/C28H29Cl2N3O4/c29-21-7-5-17-13-19(4-3-18(17)14-21)26(32-36)28(35)31-24(16-33-11-1-2-12-33)27(34)20-6-10-25(23(30)15-20)37-22-8-9-22/h3-7,10,13-15,22,24,27,34,36H,1-2,8-9,11-12,16H2,(H,31,35)/t24-,27-/m1/s1. The number of aliphatic hydroxyl groups excluding tert-OH is 1. The summed E-state index contributed by atoms with van der Waals surface area (Å²) >= 11 is 12.5. The Bertz CT molecular complexity index is 1320. The first-order valence-corrected chi connectivity index (χ1v) is 13.3. The van der Waals surface area contributed by atoms with Gasteiger partial charge in [-0.05, 0) is 85.4 Å². The van der Waals surface area contributed by atoms with Crippen LogP contribution in [0.5, 0.6) is 5.75 Å². The molecule has 9 heteroatoms. The van der Waals surface area contributed by atoms with Gasteiger partial charge in [0.25, 0.3) is 5.91 Å². The fraction of sp³-hybridized carbons (Fsp3) is 0.357. The van der Waals surface area contributed by atoms with Crippen molar-refractivity contribution in [2.24, 2.45) is 5.16 Å². The third-order valence-corrected chi connectivity index (χ3v) is 7.39. The number of fused-ring (bicyclic) bond motifs is 1. The summed E-state index contributed by atoms with van der Waals surface area (Å²) in [4.78, 5) is 15.5. The number of nitrogens with one attached hydrogen (secondary N) is 1. The van der Waals surface area contributed by atoms with E-state index in [4.69, 9.17) is 27.9 Å². The maximum Gasteiger partial charge on any atom is 0.274 e. The highest BCUT2D eigenvalue weighted by Gasteiger charge is 2.30. The third kappa shape index (κ3) is 6.18. The molecule has 0 spiro atoms. The molecule has 0 aromatic heterocycles. The van der Waals surface area contributed by atoms with Gasteiger partial charge in [-0.2, -0.15) is 0 Å². The molecule has 1 saturated carbocycles. The lowest BCUT2D eigenvalue weighted by atomic mass is 10.00. The van der Waals surface area contributed by atoms with Gasteiger partial charge in [0.2, 0.25) is 0 Å². The number of carbonyl (C=O) groups excluding carboxylic acids is 1. The second-order valence-corrected chi connectivity index (χ2v) is 10.5. The fourth-order valence-electron chi connectivity index (χ4n) is 4.70. The van der Waals surface area contributed by atoms with Crippen molar-refractivity contribution in [3.63, 3.8) is 0 Å². The summed E-state index contributed by atoms with van der Waals surface area (Å²) in [5.74, 6) is 0.00591. The molecular weight excluding hydrogens is 513 g/mol. The number of hydrogen-bond donors (Lipinski definition) is 3. The lowest BCUT2D eigenvalue weighted by Crippen LogP contribution is -2.48. The van der Waals surface area contributed by atoms with Gasteiger partial charge in [-0.1, -0.05) is 52.6 Å². The molecule has 0 bridgehead atoms. The third-order valence-electron chi connectivity index (χ3n) is 6.86. The average molecular weight is 542 g/mol. The molecular formula is C28H29Cl2N3O4. The molecule has 2 atom stereocenters. The van der Waals surface area contributed by atoms with Crippen LogP contribution < -0.4 is 10.1 Å². The van der Waals surface area contributed by atoms with Crippen molar-refractivity contribution in [2.45, 2.75) is 43.9 Å². The van der Waals surface area contributed by atoms with Crippen LogP contribution in [0.3, 0.4) is 0 Å². The van der Waals surface area contributed by atoms with Crippen LogP contribution in [0.15, 0.2) is 59.8 Å². The topological polar surface area (TPSA) is 94.4 Å². The van der Waals surface area contributed by atoms with Crippen LogP contribution in [0.2, 0.25) is 10.0 Å². The predicted molar refractivity (Wildman–Crippen MR) is 145 cm³/mol. The lowest BCUT2D eigenvalue weighted by molar-refractivity contribution is -0.116. The Labute approximate surface area is 225 Å². The first-order valence-electron chi connectivity index (χ1n) is 12.5. The number of likely N-dealkylation sites (tertiary alicyclic amines) is 1. The summed E-state index contributed by atoms with van der Waals surface area (Å²) in [6.07, 6.45) is 3.35. The zero-order valence-electron chi connectivity index (χ0n) is 20.2. The van der Waals surface area contributed by atoms with E-state index in [0.717, 1.165) is 49.5 Å². The normalized spacial score (nSPS) is 18.1. The van der Waals surface area contributed by atoms with Crippen molar-refractivity contribution < 1.29 is 19.8 Å². The van der Waals surface area contributed by atoms with Crippen molar-refractivity contribution >= 4 is 45.6 Å². The first-order chi connectivity index (χ1) is 17.9. The number of amides is 1. The summed E-state index contributed by atoms with van der Waals surface area (Å²) in [5.41, 5.74) is 0.887. The Morgan fingerprint density at radius 2 is 1.78 bits per heavy atom. The Kier molecular flexibility index (Phi) is 7.86. The van der Waals surface area contributed by atoms with Gasteiger partial charge in [-0.25, -0.2) is 0 Å². The predicted octanol–water partition coefficient (Wildman–Crippen LogP) is 5.18. The number of oxime groups is 1. The van der Waals surface area contributed by atoms with Crippen LogP contribution in [0.25, 0.3) is 10.8 Å². The van der Waals surface area contributed by atoms with Gasteiger partial charge in [0, 0.05) is 17.1 Å². The average Bonchev–Trinajstić information content (AvgIpc) is 3.56. The van der Waals surface area contributed by atoms with E-state index < -0.39 is 18.1 Å². The Morgan fingerprint density at radius 3 is 2.49 bits per heavy atom. The Hall–Kier alpha value is -2.84. The van der Waals surface area contributed by atoms with Gasteiger partial charge >= 0.3 is 0 Å². The summed E-state index contributed by atoms with van der Waals surface area (Å²) in [7, 11) is 0. The zero-order valence-corrected chi connectivity index (χ0v) is 21.8. The molecule has 0 radical (unpaired) electrons. The number of halogens is 2. The van der Waals surface area contributed by atoms with Crippen LogP contribution >= 0.6 is 23.2 Å². The summed E-state index contributed by atoms with van der Waals surface area (Å²) in [6.45, 7) is 2.23. The van der Waals surface area contributed by atoms with E-state index in [1.54, 1.807) is 36.4 Å². The molecule has 0 unspecified atom stereocenters. The highest BCUT2D eigenvalue weighted by molar-refractivity contribution is 6.45. The minimum absolute atomic E-state index is 0.137. The van der Waals surface area contributed by atoms with Gasteiger partial charge in [0.05, 0.1) is 17.2 Å². The quantitative estimate of drug-likeness (QED) is 0.197. The van der Waals surface area contributed by atoms with Crippen molar-refractivity contribution in [3.05, 3.63) is 75.8 Å². The molecule has 1 amide bonds. The van der Waals surface area contributed by atoms with Crippen LogP contribution in [-0.4, -0.2) is 58.6 Å². The van der Waals surface area contributed by atoms with Crippen molar-refractivity contribution in [2.75, 3.05) is 19.6 Å². The van der Waals surface area contributed by atoms with Crippen molar-refractivity contribution in [3.8, 4) is 5.75 Å². The molecule has 3 aromatic carbocycles. The van der Waals surface area contributed by atoms with Crippen molar-refractivity contribution in [1.29, 1.82) is 0 Å². The highest BCUT2D eigenvalue weighted by atomic mass is 35.5. The maximum absolute atomic E-state index is 13.3. The number of carbonyl (C=O) groups is 1. The van der Waals surface area contributed by atoms with E-state index in [-0.39, 0.29) is 11.8 Å². The van der Waals surface area contributed by atoms with Crippen LogP contribution in [0, 0.1) is 0 Å². The van der Waals surface area contributed by atoms with E-state index in [1.165, 1.54) is 0 Å². The van der Waals surface area contributed by atoms with E-state index in [1.807, 2.05) is 18.2 Å². The molecule has 2 fully saturated rings. The monoisotopic (exact) mass is 541 g/mol. The first kappa shape index (κ1) is 25.8. The molecule has 3 N–H and O–H groups in total. The summed E-state index contributed by atoms with van der Waals surface area (Å²) < 4.78 is 5.81. The molecule has 194 valence electrons. The number of ether oxygens (including phenoxy) is 1. The molecule has 1 saturated heterocycles. The van der Waals surface area contributed by atoms with Gasteiger partial charge in [-0.3, -0.25) is 4.79 Å². The number of hydrogen-bond acceptors (Lipinski definition) is 6. The van der Waals surface area contributed by atoms with Crippen LogP contribution in [0.4, 0.5) is 0 Å². The molecule has 3 aromatic rings. The second kappa shape index (κ2) is 11.3. The molecule has 7 nitrogen and oxygen atoms in total. The van der Waals surface area contributed by atoms with Gasteiger partial charge in [0.1, 0.15) is 11.9 Å². The van der Waals surface area contributed by atoms with Gasteiger partial charge in [-0.15, -0.1) is 0 Å². The minimum Gasteiger partial charge on any atom is -0.489 e. The maximum atomic E-state index is 13.3. The molecule has 5 rings (SSSR count). The Balaban J connectivity index is 1.37. The summed E-state index contributed by atoms with van der Waals surface area (Å²) in [5, 5.41) is 30.1. The van der Waals surface area contributed by atoms with Crippen LogP contribution in [-0.2, 0) is 4.79 Å². The zero-order chi connectivity index (χ0) is 25.9. The SMILES string of the molecule is O=C(N[C@H](CN1CCCC1)[C@H](O)c1ccc(OC2CC2)c(Cl)c1)C(=NO)c1ccc2cc(Cl)ccc2c1. The smallest absolute Gasteiger partial charge is 0.274 e. The van der Waals surface area contributed by atoms with E-state index in [0.29, 0.717) is 33.5 Å². The molecule has 1 heterocycles. The van der Waals surface area contributed by atoms with E-state index in [2.05, 4.69) is 15.4 Å². The van der Waals surface area contributed by atoms with Gasteiger partial charge < -0.3 is 25.3 Å². The second-order valence-electron chi connectivity index (χ2n) is 9.69.